The van der Waals surface area contributed by atoms with Gasteiger partial charge < -0.3 is 9.73 Å². The number of aromatic nitrogens is 1. The molecule has 0 atom stereocenters. The van der Waals surface area contributed by atoms with Crippen molar-refractivity contribution < 1.29 is 4.42 Å². The highest BCUT2D eigenvalue weighted by atomic mass is 32.1. The third kappa shape index (κ3) is 4.15. The van der Waals surface area contributed by atoms with E-state index in [1.807, 2.05) is 6.92 Å². The van der Waals surface area contributed by atoms with Crippen molar-refractivity contribution in [3.05, 3.63) is 39.2 Å². The minimum absolute atomic E-state index is 0.717. The Labute approximate surface area is 130 Å². The molecule has 4 nitrogen and oxygen atoms in total. The van der Waals surface area contributed by atoms with E-state index in [9.17, 15) is 0 Å². The average Bonchev–Trinajstić information content (AvgIpc) is 3.08. The van der Waals surface area contributed by atoms with Crippen molar-refractivity contribution in [2.24, 2.45) is 0 Å². The summed E-state index contributed by atoms with van der Waals surface area (Å²) in [4.78, 5) is 6.80. The van der Waals surface area contributed by atoms with Crippen LogP contribution < -0.4 is 5.32 Å². The molecule has 0 aromatic carbocycles. The fraction of sp³-hybridized carbons (Fsp3) is 0.562. The molecular formula is C16H23N3OS. The van der Waals surface area contributed by atoms with Gasteiger partial charge in [0.15, 0.2) is 0 Å². The summed E-state index contributed by atoms with van der Waals surface area (Å²) < 4.78 is 5.85. The van der Waals surface area contributed by atoms with Gasteiger partial charge in [-0.15, -0.1) is 11.3 Å². The largest absolute Gasteiger partial charge is 0.465 e. The van der Waals surface area contributed by atoms with Crippen molar-refractivity contribution in [3.63, 3.8) is 0 Å². The second-order valence-corrected chi connectivity index (χ2v) is 7.04. The summed E-state index contributed by atoms with van der Waals surface area (Å²) in [6.45, 7) is 6.73. The normalized spacial score (nSPS) is 15.0. The Morgan fingerprint density at radius 2 is 2.19 bits per heavy atom. The number of hydrogen-bond donors (Lipinski definition) is 1. The number of thiazole rings is 1. The molecule has 1 aliphatic carbocycles. The monoisotopic (exact) mass is 305 g/mol. The third-order valence-electron chi connectivity index (χ3n) is 3.75. The third-order valence-corrected chi connectivity index (χ3v) is 4.58. The zero-order chi connectivity index (χ0) is 14.8. The highest BCUT2D eigenvalue weighted by Crippen LogP contribution is 2.21. The average molecular weight is 305 g/mol. The van der Waals surface area contributed by atoms with E-state index in [1.54, 1.807) is 11.3 Å². The summed E-state index contributed by atoms with van der Waals surface area (Å²) in [6, 6.07) is 2.91. The van der Waals surface area contributed by atoms with Crippen LogP contribution in [0.1, 0.15) is 40.6 Å². The first-order valence-corrected chi connectivity index (χ1v) is 8.39. The van der Waals surface area contributed by atoms with E-state index in [4.69, 9.17) is 4.42 Å². The summed E-state index contributed by atoms with van der Waals surface area (Å²) in [6.07, 6.45) is 2.62. The molecule has 0 spiro atoms. The number of aryl methyl sites for hydroxylation is 2. The van der Waals surface area contributed by atoms with Gasteiger partial charge in [-0.1, -0.05) is 0 Å². The molecule has 0 amide bonds. The maximum absolute atomic E-state index is 5.85. The molecule has 0 saturated heterocycles. The van der Waals surface area contributed by atoms with Crippen LogP contribution in [0.3, 0.4) is 0 Å². The maximum Gasteiger partial charge on any atom is 0.118 e. The van der Waals surface area contributed by atoms with Crippen LogP contribution in [0.2, 0.25) is 0 Å². The van der Waals surface area contributed by atoms with E-state index in [2.05, 4.69) is 40.6 Å². The molecular weight excluding hydrogens is 282 g/mol. The van der Waals surface area contributed by atoms with Crippen molar-refractivity contribution in [2.45, 2.75) is 52.4 Å². The van der Waals surface area contributed by atoms with Crippen LogP contribution in [0.4, 0.5) is 0 Å². The van der Waals surface area contributed by atoms with E-state index in [-0.39, 0.29) is 0 Å². The Kier molecular flexibility index (Phi) is 4.42. The Bertz CT molecular complexity index is 600. The van der Waals surface area contributed by atoms with Crippen LogP contribution in [0.15, 0.2) is 15.9 Å². The van der Waals surface area contributed by atoms with Crippen molar-refractivity contribution in [1.29, 1.82) is 0 Å². The van der Waals surface area contributed by atoms with E-state index in [0.29, 0.717) is 0 Å². The van der Waals surface area contributed by atoms with Crippen LogP contribution in [-0.4, -0.2) is 23.0 Å². The first kappa shape index (κ1) is 14.8. The zero-order valence-corrected chi connectivity index (χ0v) is 13.8. The van der Waals surface area contributed by atoms with Crippen LogP contribution in [-0.2, 0) is 19.6 Å². The fourth-order valence-corrected chi connectivity index (χ4v) is 3.07. The van der Waals surface area contributed by atoms with Gasteiger partial charge in [0.05, 0.1) is 17.2 Å². The predicted octanol–water partition coefficient (Wildman–Crippen LogP) is 3.24. The lowest BCUT2D eigenvalue weighted by atomic mass is 10.2. The topological polar surface area (TPSA) is 41.3 Å². The summed E-state index contributed by atoms with van der Waals surface area (Å²) >= 11 is 1.71. The van der Waals surface area contributed by atoms with Gasteiger partial charge in [-0.2, -0.15) is 0 Å². The number of nitrogens with one attached hydrogen (secondary N) is 1. The lowest BCUT2D eigenvalue weighted by molar-refractivity contribution is 0.313. The van der Waals surface area contributed by atoms with Crippen molar-refractivity contribution in [2.75, 3.05) is 7.05 Å². The standard InChI is InChI=1S/C16H23N3OS/c1-11-13(6-16(20-11)7-17-14-4-5-14)8-19(3)9-15-10-21-12(2)18-15/h6,10,14,17H,4-5,7-9H2,1-3H3. The quantitative estimate of drug-likeness (QED) is 0.852. The molecule has 2 heterocycles. The molecule has 21 heavy (non-hydrogen) atoms. The Morgan fingerprint density at radius 3 is 2.86 bits per heavy atom. The Morgan fingerprint density at radius 1 is 1.38 bits per heavy atom. The molecule has 0 radical (unpaired) electrons. The van der Waals surface area contributed by atoms with Crippen molar-refractivity contribution in [1.82, 2.24) is 15.2 Å². The van der Waals surface area contributed by atoms with Gasteiger partial charge in [0, 0.05) is 30.1 Å². The molecule has 5 heteroatoms. The number of nitrogens with zero attached hydrogens (tertiary/aromatic N) is 2. The first-order chi connectivity index (χ1) is 10.1. The molecule has 0 unspecified atom stereocenters. The van der Waals surface area contributed by atoms with Crippen LogP contribution in [0, 0.1) is 13.8 Å². The van der Waals surface area contributed by atoms with E-state index in [0.717, 1.165) is 47.9 Å². The molecule has 1 N–H and O–H groups in total. The Balaban J connectivity index is 1.55. The lowest BCUT2D eigenvalue weighted by Crippen LogP contribution is -2.17. The molecule has 2 aromatic heterocycles. The van der Waals surface area contributed by atoms with Gasteiger partial charge in [0.1, 0.15) is 11.5 Å². The van der Waals surface area contributed by atoms with Gasteiger partial charge in [0.25, 0.3) is 0 Å². The van der Waals surface area contributed by atoms with E-state index < -0.39 is 0 Å². The lowest BCUT2D eigenvalue weighted by Gasteiger charge is -2.14. The van der Waals surface area contributed by atoms with Crippen LogP contribution in [0.25, 0.3) is 0 Å². The summed E-state index contributed by atoms with van der Waals surface area (Å²) in [5.41, 5.74) is 2.42. The van der Waals surface area contributed by atoms with Crippen LogP contribution >= 0.6 is 11.3 Å². The summed E-state index contributed by atoms with van der Waals surface area (Å²) in [5, 5.41) is 6.76. The zero-order valence-electron chi connectivity index (χ0n) is 13.0. The molecule has 1 aliphatic rings. The Hall–Kier alpha value is -1.17. The second-order valence-electron chi connectivity index (χ2n) is 5.98. The molecule has 3 rings (SSSR count). The molecule has 1 fully saturated rings. The number of hydrogen-bond acceptors (Lipinski definition) is 5. The maximum atomic E-state index is 5.85. The number of rotatable bonds is 7. The predicted molar refractivity (Wildman–Crippen MR) is 85.3 cm³/mol. The van der Waals surface area contributed by atoms with Crippen molar-refractivity contribution in [3.8, 4) is 0 Å². The summed E-state index contributed by atoms with van der Waals surface area (Å²) in [7, 11) is 2.13. The second kappa shape index (κ2) is 6.30. The van der Waals surface area contributed by atoms with Gasteiger partial charge in [-0.25, -0.2) is 4.98 Å². The minimum atomic E-state index is 0.717. The molecule has 0 aliphatic heterocycles. The van der Waals surface area contributed by atoms with Gasteiger partial charge in [-0.3, -0.25) is 4.90 Å². The van der Waals surface area contributed by atoms with Gasteiger partial charge >= 0.3 is 0 Å². The van der Waals surface area contributed by atoms with Gasteiger partial charge in [0.2, 0.25) is 0 Å². The van der Waals surface area contributed by atoms with E-state index in [1.165, 1.54) is 18.4 Å². The molecule has 114 valence electrons. The van der Waals surface area contributed by atoms with E-state index >= 15 is 0 Å². The molecule has 0 bridgehead atoms. The minimum Gasteiger partial charge on any atom is -0.465 e. The summed E-state index contributed by atoms with van der Waals surface area (Å²) in [5.74, 6) is 2.08. The highest BCUT2D eigenvalue weighted by Gasteiger charge is 2.21. The SMILES string of the molecule is Cc1nc(CN(C)Cc2cc(CNC3CC3)oc2C)cs1. The van der Waals surface area contributed by atoms with Gasteiger partial charge in [-0.05, 0) is 39.8 Å². The van der Waals surface area contributed by atoms with Crippen LogP contribution in [0.5, 0.6) is 0 Å². The molecule has 2 aromatic rings. The first-order valence-electron chi connectivity index (χ1n) is 7.51. The highest BCUT2D eigenvalue weighted by molar-refractivity contribution is 7.09. The van der Waals surface area contributed by atoms with Crippen molar-refractivity contribution >= 4 is 11.3 Å². The smallest absolute Gasteiger partial charge is 0.118 e. The number of furan rings is 1. The molecule has 1 saturated carbocycles. The fourth-order valence-electron chi connectivity index (χ4n) is 2.47.